The molecule has 0 atom stereocenters. The molecule has 1 N–H and O–H groups in total. The molecule has 0 unspecified atom stereocenters. The quantitative estimate of drug-likeness (QED) is 0.857. The molecular weight excluding hydrogens is 218 g/mol. The maximum absolute atomic E-state index is 10.8. The van der Waals surface area contributed by atoms with Crippen molar-refractivity contribution in [2.75, 3.05) is 18.0 Å². The van der Waals surface area contributed by atoms with Gasteiger partial charge in [0.25, 0.3) is 0 Å². The second kappa shape index (κ2) is 5.12. The summed E-state index contributed by atoms with van der Waals surface area (Å²) < 4.78 is 0. The summed E-state index contributed by atoms with van der Waals surface area (Å²) in [7, 11) is 0. The number of nitrogens with zero attached hydrogens (tertiary/aromatic N) is 3. The molecule has 0 aromatic carbocycles. The molecule has 1 aromatic heterocycles. The van der Waals surface area contributed by atoms with Crippen molar-refractivity contribution < 1.29 is 9.90 Å². The molecule has 1 aliphatic heterocycles. The van der Waals surface area contributed by atoms with Gasteiger partial charge in [-0.2, -0.15) is 0 Å². The van der Waals surface area contributed by atoms with E-state index in [4.69, 9.17) is 5.11 Å². The minimum Gasteiger partial charge on any atom is -0.481 e. The van der Waals surface area contributed by atoms with E-state index < -0.39 is 5.97 Å². The van der Waals surface area contributed by atoms with E-state index >= 15 is 0 Å². The second-order valence-electron chi connectivity index (χ2n) is 4.38. The maximum Gasteiger partial charge on any atom is 0.308 e. The number of aromatic nitrogens is 2. The Hall–Kier alpha value is -1.65. The van der Waals surface area contributed by atoms with Gasteiger partial charge in [0.05, 0.1) is 6.42 Å². The van der Waals surface area contributed by atoms with E-state index in [1.54, 1.807) is 6.20 Å². The molecule has 0 amide bonds. The van der Waals surface area contributed by atoms with Gasteiger partial charge in [-0.1, -0.05) is 0 Å². The van der Waals surface area contributed by atoms with Crippen LogP contribution in [0.1, 0.15) is 30.7 Å². The molecule has 1 saturated heterocycles. The van der Waals surface area contributed by atoms with E-state index in [1.165, 1.54) is 6.42 Å². The van der Waals surface area contributed by atoms with E-state index in [0.717, 1.165) is 31.7 Å². The molecule has 0 aliphatic carbocycles. The summed E-state index contributed by atoms with van der Waals surface area (Å²) in [4.78, 5) is 21.5. The van der Waals surface area contributed by atoms with Gasteiger partial charge in [0.2, 0.25) is 0 Å². The van der Waals surface area contributed by atoms with E-state index in [1.807, 2.05) is 6.92 Å². The zero-order valence-electron chi connectivity index (χ0n) is 10.0. The third-order valence-electron chi connectivity index (χ3n) is 2.96. The molecule has 0 radical (unpaired) electrons. The van der Waals surface area contributed by atoms with Crippen LogP contribution in [0.25, 0.3) is 0 Å². The maximum atomic E-state index is 10.8. The monoisotopic (exact) mass is 235 g/mol. The first-order valence-corrected chi connectivity index (χ1v) is 5.96. The predicted molar refractivity (Wildman–Crippen MR) is 64.2 cm³/mol. The van der Waals surface area contributed by atoms with Crippen LogP contribution in [-0.4, -0.2) is 34.1 Å². The summed E-state index contributed by atoms with van der Waals surface area (Å²) in [6, 6.07) is 0. The van der Waals surface area contributed by atoms with Crippen molar-refractivity contribution >= 4 is 11.8 Å². The Bertz CT molecular complexity index is 414. The summed E-state index contributed by atoms with van der Waals surface area (Å²) in [5, 5.41) is 8.88. The van der Waals surface area contributed by atoms with Crippen LogP contribution in [0.5, 0.6) is 0 Å². The lowest BCUT2D eigenvalue weighted by atomic mass is 10.1. The number of carboxylic acids is 1. The Morgan fingerprint density at radius 1 is 1.41 bits per heavy atom. The Kier molecular flexibility index (Phi) is 3.56. The number of hydrogen-bond donors (Lipinski definition) is 1. The van der Waals surface area contributed by atoms with Crippen molar-refractivity contribution in [1.29, 1.82) is 0 Å². The van der Waals surface area contributed by atoms with Crippen LogP contribution in [0.2, 0.25) is 0 Å². The van der Waals surface area contributed by atoms with Crippen molar-refractivity contribution in [3.8, 4) is 0 Å². The topological polar surface area (TPSA) is 66.3 Å². The van der Waals surface area contributed by atoms with Crippen LogP contribution in [0, 0.1) is 6.92 Å². The predicted octanol–water partition coefficient (Wildman–Crippen LogP) is 1.40. The fourth-order valence-corrected chi connectivity index (χ4v) is 2.15. The number of aliphatic carboxylic acids is 1. The molecule has 0 saturated carbocycles. The first-order valence-electron chi connectivity index (χ1n) is 5.96. The molecule has 1 aliphatic rings. The van der Waals surface area contributed by atoms with E-state index in [9.17, 15) is 4.79 Å². The molecule has 5 nitrogen and oxygen atoms in total. The standard InChI is InChI=1S/C12H17N3O2/c1-9-13-8-10(7-11(16)17)12(14-9)15-5-3-2-4-6-15/h8H,2-7H2,1H3,(H,16,17). The van der Waals surface area contributed by atoms with Gasteiger partial charge < -0.3 is 10.0 Å². The van der Waals surface area contributed by atoms with Crippen LogP contribution in [0.4, 0.5) is 5.82 Å². The summed E-state index contributed by atoms with van der Waals surface area (Å²) >= 11 is 0. The van der Waals surface area contributed by atoms with Crippen LogP contribution in [0.15, 0.2) is 6.20 Å². The summed E-state index contributed by atoms with van der Waals surface area (Å²) in [6.45, 7) is 3.75. The lowest BCUT2D eigenvalue weighted by Crippen LogP contribution is -2.31. The SMILES string of the molecule is Cc1ncc(CC(=O)O)c(N2CCCCC2)n1. The zero-order valence-corrected chi connectivity index (χ0v) is 10.0. The number of piperidine rings is 1. The molecule has 1 aromatic rings. The van der Waals surface area contributed by atoms with E-state index in [0.29, 0.717) is 11.4 Å². The number of carbonyl (C=O) groups is 1. The van der Waals surface area contributed by atoms with Crippen LogP contribution >= 0.6 is 0 Å². The van der Waals surface area contributed by atoms with Crippen molar-refractivity contribution in [2.24, 2.45) is 0 Å². The average molecular weight is 235 g/mol. The zero-order chi connectivity index (χ0) is 12.3. The number of hydrogen-bond acceptors (Lipinski definition) is 4. The molecular formula is C12H17N3O2. The van der Waals surface area contributed by atoms with Crippen LogP contribution in [0.3, 0.4) is 0 Å². The van der Waals surface area contributed by atoms with Gasteiger partial charge in [0, 0.05) is 24.8 Å². The number of aryl methyl sites for hydroxylation is 1. The molecule has 0 bridgehead atoms. The average Bonchev–Trinajstić information content (AvgIpc) is 2.32. The van der Waals surface area contributed by atoms with Crippen molar-refractivity contribution in [1.82, 2.24) is 9.97 Å². The van der Waals surface area contributed by atoms with Crippen molar-refractivity contribution in [3.05, 3.63) is 17.6 Å². The van der Waals surface area contributed by atoms with Gasteiger partial charge in [-0.05, 0) is 26.2 Å². The first-order chi connectivity index (χ1) is 8.16. The smallest absolute Gasteiger partial charge is 0.308 e. The second-order valence-corrected chi connectivity index (χ2v) is 4.38. The van der Waals surface area contributed by atoms with Crippen molar-refractivity contribution in [2.45, 2.75) is 32.6 Å². The van der Waals surface area contributed by atoms with E-state index in [2.05, 4.69) is 14.9 Å². The molecule has 1 fully saturated rings. The van der Waals surface area contributed by atoms with Gasteiger partial charge in [-0.25, -0.2) is 9.97 Å². The Balaban J connectivity index is 2.28. The summed E-state index contributed by atoms with van der Waals surface area (Å²) in [5.74, 6) is 0.662. The normalized spacial score (nSPS) is 15.9. The third kappa shape index (κ3) is 2.93. The van der Waals surface area contributed by atoms with Gasteiger partial charge in [0.15, 0.2) is 0 Å². The molecule has 5 heteroatoms. The Labute approximate surface area is 100 Å². The largest absolute Gasteiger partial charge is 0.481 e. The molecule has 92 valence electrons. The fraction of sp³-hybridized carbons (Fsp3) is 0.583. The molecule has 17 heavy (non-hydrogen) atoms. The Morgan fingerprint density at radius 3 is 2.76 bits per heavy atom. The fourth-order valence-electron chi connectivity index (χ4n) is 2.15. The highest BCUT2D eigenvalue weighted by molar-refractivity contribution is 5.72. The number of rotatable bonds is 3. The molecule has 0 spiro atoms. The number of carboxylic acid groups (broad SMARTS) is 1. The van der Waals surface area contributed by atoms with Crippen molar-refractivity contribution in [3.63, 3.8) is 0 Å². The lowest BCUT2D eigenvalue weighted by Gasteiger charge is -2.29. The lowest BCUT2D eigenvalue weighted by molar-refractivity contribution is -0.136. The highest BCUT2D eigenvalue weighted by Gasteiger charge is 2.17. The van der Waals surface area contributed by atoms with Crippen LogP contribution in [-0.2, 0) is 11.2 Å². The van der Waals surface area contributed by atoms with E-state index in [-0.39, 0.29) is 6.42 Å². The van der Waals surface area contributed by atoms with Gasteiger partial charge in [0.1, 0.15) is 11.6 Å². The molecule has 2 heterocycles. The highest BCUT2D eigenvalue weighted by atomic mass is 16.4. The van der Waals surface area contributed by atoms with Gasteiger partial charge >= 0.3 is 5.97 Å². The highest BCUT2D eigenvalue weighted by Crippen LogP contribution is 2.22. The number of anilines is 1. The minimum atomic E-state index is -0.837. The summed E-state index contributed by atoms with van der Waals surface area (Å²) in [5.41, 5.74) is 0.713. The van der Waals surface area contributed by atoms with Gasteiger partial charge in [-0.3, -0.25) is 4.79 Å². The molecule has 2 rings (SSSR count). The Morgan fingerprint density at radius 2 is 2.12 bits per heavy atom. The van der Waals surface area contributed by atoms with Gasteiger partial charge in [-0.15, -0.1) is 0 Å². The summed E-state index contributed by atoms with van der Waals surface area (Å²) in [6.07, 6.45) is 5.17. The third-order valence-corrected chi connectivity index (χ3v) is 2.96. The minimum absolute atomic E-state index is 0.00782. The first kappa shape index (κ1) is 11.8. The van der Waals surface area contributed by atoms with Crippen LogP contribution < -0.4 is 4.90 Å².